The summed E-state index contributed by atoms with van der Waals surface area (Å²) in [7, 11) is -3.51. The monoisotopic (exact) mass is 397 g/mol. The third-order valence-corrected chi connectivity index (χ3v) is 6.01. The van der Waals surface area contributed by atoms with Crippen LogP contribution in [0.15, 0.2) is 52.1 Å². The summed E-state index contributed by atoms with van der Waals surface area (Å²) in [6.45, 7) is 0.796. The predicted octanol–water partition coefficient (Wildman–Crippen LogP) is 2.47. The molecule has 122 valence electrons. The van der Waals surface area contributed by atoms with Crippen LogP contribution < -0.4 is 4.74 Å². The van der Waals surface area contributed by atoms with E-state index in [0.717, 1.165) is 17.3 Å². The largest absolute Gasteiger partial charge is 0.459 e. The van der Waals surface area contributed by atoms with E-state index in [2.05, 4.69) is 25.9 Å². The van der Waals surface area contributed by atoms with Crippen LogP contribution in [0.4, 0.5) is 0 Å². The van der Waals surface area contributed by atoms with Crippen LogP contribution in [-0.4, -0.2) is 41.9 Å². The molecule has 2 aromatic rings. The Kier molecular flexibility index (Phi) is 4.93. The molecule has 1 aliphatic heterocycles. The minimum Gasteiger partial charge on any atom is -0.459 e. The van der Waals surface area contributed by atoms with Crippen LogP contribution in [0.3, 0.4) is 0 Å². The molecule has 0 N–H and O–H groups in total. The van der Waals surface area contributed by atoms with Crippen LogP contribution in [0.1, 0.15) is 12.8 Å². The fraction of sp³-hybridized carbons (Fsp3) is 0.333. The molecule has 8 heteroatoms. The van der Waals surface area contributed by atoms with E-state index in [1.807, 2.05) is 0 Å². The lowest BCUT2D eigenvalue weighted by molar-refractivity contribution is 0.119. The summed E-state index contributed by atoms with van der Waals surface area (Å²) in [6.07, 6.45) is 4.48. The number of hydrogen-bond donors (Lipinski definition) is 0. The van der Waals surface area contributed by atoms with Crippen molar-refractivity contribution in [3.8, 4) is 6.01 Å². The van der Waals surface area contributed by atoms with Gasteiger partial charge in [-0.1, -0.05) is 15.9 Å². The SMILES string of the molecule is O=S(=O)(c1ccc(Br)cc1)N1CCC[C@@H](Oc2ncccn2)C1. The molecule has 0 bridgehead atoms. The molecule has 0 aliphatic carbocycles. The summed E-state index contributed by atoms with van der Waals surface area (Å²) in [5, 5.41) is 0. The van der Waals surface area contributed by atoms with Crippen LogP contribution in [0.25, 0.3) is 0 Å². The lowest BCUT2D eigenvalue weighted by atomic mass is 10.1. The molecule has 1 saturated heterocycles. The average Bonchev–Trinajstić information content (AvgIpc) is 2.56. The summed E-state index contributed by atoms with van der Waals surface area (Å²) in [5.41, 5.74) is 0. The lowest BCUT2D eigenvalue weighted by Gasteiger charge is -2.31. The smallest absolute Gasteiger partial charge is 0.316 e. The molecular formula is C15H16BrN3O3S. The van der Waals surface area contributed by atoms with E-state index in [0.29, 0.717) is 13.1 Å². The van der Waals surface area contributed by atoms with E-state index < -0.39 is 10.0 Å². The Balaban J connectivity index is 1.74. The molecule has 1 aromatic carbocycles. The number of halogens is 1. The quantitative estimate of drug-likeness (QED) is 0.791. The first-order valence-electron chi connectivity index (χ1n) is 7.25. The molecule has 1 atom stereocenters. The highest BCUT2D eigenvalue weighted by Crippen LogP contribution is 2.23. The molecule has 0 amide bonds. The zero-order valence-electron chi connectivity index (χ0n) is 12.3. The van der Waals surface area contributed by atoms with Crippen LogP contribution >= 0.6 is 15.9 Å². The summed E-state index contributed by atoms with van der Waals surface area (Å²) in [5.74, 6) is 0. The van der Waals surface area contributed by atoms with Crippen molar-refractivity contribution in [2.75, 3.05) is 13.1 Å². The van der Waals surface area contributed by atoms with Gasteiger partial charge in [-0.2, -0.15) is 4.31 Å². The molecule has 0 saturated carbocycles. The number of nitrogens with zero attached hydrogens (tertiary/aromatic N) is 3. The summed E-state index contributed by atoms with van der Waals surface area (Å²) < 4.78 is 33.5. The van der Waals surface area contributed by atoms with Crippen molar-refractivity contribution < 1.29 is 13.2 Å². The predicted molar refractivity (Wildman–Crippen MR) is 88.6 cm³/mol. The van der Waals surface area contributed by atoms with Crippen molar-refractivity contribution in [1.29, 1.82) is 0 Å². The van der Waals surface area contributed by atoms with Crippen molar-refractivity contribution in [1.82, 2.24) is 14.3 Å². The van der Waals surface area contributed by atoms with Gasteiger partial charge in [0.15, 0.2) is 0 Å². The highest BCUT2D eigenvalue weighted by molar-refractivity contribution is 9.10. The fourth-order valence-corrected chi connectivity index (χ4v) is 4.24. The molecule has 0 radical (unpaired) electrons. The molecule has 0 unspecified atom stereocenters. The maximum Gasteiger partial charge on any atom is 0.316 e. The highest BCUT2D eigenvalue weighted by atomic mass is 79.9. The molecular weight excluding hydrogens is 382 g/mol. The Morgan fingerprint density at radius 3 is 2.57 bits per heavy atom. The minimum absolute atomic E-state index is 0.239. The van der Waals surface area contributed by atoms with Gasteiger partial charge in [-0.15, -0.1) is 0 Å². The molecule has 23 heavy (non-hydrogen) atoms. The van der Waals surface area contributed by atoms with Gasteiger partial charge >= 0.3 is 6.01 Å². The van der Waals surface area contributed by atoms with Gasteiger partial charge in [-0.3, -0.25) is 0 Å². The molecule has 0 spiro atoms. The van der Waals surface area contributed by atoms with Gasteiger partial charge in [0.1, 0.15) is 6.10 Å². The summed E-state index contributed by atoms with van der Waals surface area (Å²) >= 11 is 3.31. The second kappa shape index (κ2) is 6.94. The molecule has 3 rings (SSSR count). The number of rotatable bonds is 4. The summed E-state index contributed by atoms with van der Waals surface area (Å²) in [4.78, 5) is 8.33. The number of sulfonamides is 1. The van der Waals surface area contributed by atoms with E-state index in [9.17, 15) is 8.42 Å². The first-order valence-corrected chi connectivity index (χ1v) is 9.48. The molecule has 2 heterocycles. The number of aromatic nitrogens is 2. The minimum atomic E-state index is -3.51. The van der Waals surface area contributed by atoms with E-state index >= 15 is 0 Å². The van der Waals surface area contributed by atoms with E-state index in [4.69, 9.17) is 4.74 Å². The molecule has 6 nitrogen and oxygen atoms in total. The number of ether oxygens (including phenoxy) is 1. The lowest BCUT2D eigenvalue weighted by Crippen LogP contribution is -2.44. The molecule has 1 aromatic heterocycles. The Morgan fingerprint density at radius 2 is 1.87 bits per heavy atom. The van der Waals surface area contributed by atoms with Crippen LogP contribution in [-0.2, 0) is 10.0 Å². The average molecular weight is 398 g/mol. The molecule has 1 aliphatic rings. The van der Waals surface area contributed by atoms with Gasteiger partial charge < -0.3 is 4.74 Å². The van der Waals surface area contributed by atoms with Crippen LogP contribution in [0.5, 0.6) is 6.01 Å². The maximum atomic E-state index is 12.7. The number of hydrogen-bond acceptors (Lipinski definition) is 5. The molecule has 1 fully saturated rings. The van der Waals surface area contributed by atoms with Gasteiger partial charge in [0.25, 0.3) is 0 Å². The fourth-order valence-electron chi connectivity index (χ4n) is 2.47. The first kappa shape index (κ1) is 16.4. The zero-order valence-corrected chi connectivity index (χ0v) is 14.7. The maximum absolute atomic E-state index is 12.7. The third kappa shape index (κ3) is 3.88. The second-order valence-electron chi connectivity index (χ2n) is 5.23. The van der Waals surface area contributed by atoms with Crippen LogP contribution in [0, 0.1) is 0 Å². The summed E-state index contributed by atoms with van der Waals surface area (Å²) in [6, 6.07) is 8.64. The van der Waals surface area contributed by atoms with E-state index in [-0.39, 0.29) is 17.0 Å². The number of piperidine rings is 1. The van der Waals surface area contributed by atoms with Crippen molar-refractivity contribution in [2.24, 2.45) is 0 Å². The zero-order chi connectivity index (χ0) is 16.3. The van der Waals surface area contributed by atoms with Crippen LogP contribution in [0.2, 0.25) is 0 Å². The van der Waals surface area contributed by atoms with E-state index in [1.165, 1.54) is 4.31 Å². The van der Waals surface area contributed by atoms with Crippen molar-refractivity contribution in [2.45, 2.75) is 23.8 Å². The van der Waals surface area contributed by atoms with Gasteiger partial charge in [0.2, 0.25) is 10.0 Å². The Labute approximate surface area is 143 Å². The van der Waals surface area contributed by atoms with Crippen molar-refractivity contribution in [3.63, 3.8) is 0 Å². The Bertz CT molecular complexity index is 753. The Hall–Kier alpha value is -1.51. The second-order valence-corrected chi connectivity index (χ2v) is 8.08. The Morgan fingerprint density at radius 1 is 1.17 bits per heavy atom. The van der Waals surface area contributed by atoms with Gasteiger partial charge in [0.05, 0.1) is 11.4 Å². The first-order chi connectivity index (χ1) is 11.1. The standard InChI is InChI=1S/C15H16BrN3O3S/c16-12-4-6-14(7-5-12)23(20,21)19-10-1-3-13(11-19)22-15-17-8-2-9-18-15/h2,4-9,13H,1,3,10-11H2/t13-/m1/s1. The van der Waals surface area contributed by atoms with E-state index in [1.54, 1.807) is 42.7 Å². The van der Waals surface area contributed by atoms with Crippen molar-refractivity contribution in [3.05, 3.63) is 47.2 Å². The number of benzene rings is 1. The normalized spacial score (nSPS) is 19.4. The van der Waals surface area contributed by atoms with Crippen molar-refractivity contribution >= 4 is 26.0 Å². The van der Waals surface area contributed by atoms with Gasteiger partial charge in [-0.25, -0.2) is 18.4 Å². The van der Waals surface area contributed by atoms with Gasteiger partial charge in [-0.05, 0) is 43.2 Å². The third-order valence-electron chi connectivity index (χ3n) is 3.61. The highest BCUT2D eigenvalue weighted by Gasteiger charge is 2.31. The topological polar surface area (TPSA) is 72.4 Å². The van der Waals surface area contributed by atoms with Gasteiger partial charge in [0, 0.05) is 23.4 Å².